The summed E-state index contributed by atoms with van der Waals surface area (Å²) < 4.78 is 47.6. The third kappa shape index (κ3) is 3.67. The lowest BCUT2D eigenvalue weighted by Gasteiger charge is -2.30. The van der Waals surface area contributed by atoms with Crippen LogP contribution in [-0.4, -0.2) is 51.8 Å². The highest BCUT2D eigenvalue weighted by Crippen LogP contribution is 2.35. The van der Waals surface area contributed by atoms with E-state index in [4.69, 9.17) is 4.74 Å². The van der Waals surface area contributed by atoms with Gasteiger partial charge in [-0.15, -0.1) is 11.3 Å². The molecule has 2 aliphatic rings. The van der Waals surface area contributed by atoms with Gasteiger partial charge in [0.05, 0.1) is 16.3 Å². The number of likely N-dealkylation sites (tertiary alicyclic amines) is 1. The Labute approximate surface area is 170 Å². The molecular formula is C20H21F3N4OS. The zero-order chi connectivity index (χ0) is 20.0. The highest BCUT2D eigenvalue weighted by Gasteiger charge is 2.37. The van der Waals surface area contributed by atoms with E-state index in [1.165, 1.54) is 11.3 Å². The van der Waals surface area contributed by atoms with Gasteiger partial charge in [0.1, 0.15) is 0 Å². The largest absolute Gasteiger partial charge is 0.433 e. The van der Waals surface area contributed by atoms with E-state index in [1.807, 2.05) is 11.4 Å². The molecule has 0 aromatic carbocycles. The van der Waals surface area contributed by atoms with E-state index in [2.05, 4.69) is 15.0 Å². The fraction of sp³-hybridized carbons (Fsp3) is 0.500. The van der Waals surface area contributed by atoms with Crippen LogP contribution in [-0.2, 0) is 10.9 Å². The number of fused-ring (bicyclic) bond motifs is 1. The van der Waals surface area contributed by atoms with E-state index in [9.17, 15) is 13.2 Å². The van der Waals surface area contributed by atoms with Crippen LogP contribution in [0.2, 0.25) is 0 Å². The molecule has 0 radical (unpaired) electrons. The van der Waals surface area contributed by atoms with Gasteiger partial charge >= 0.3 is 6.18 Å². The van der Waals surface area contributed by atoms with E-state index in [0.29, 0.717) is 22.3 Å². The Morgan fingerprint density at radius 3 is 2.69 bits per heavy atom. The molecule has 5 rings (SSSR count). The number of ether oxygens (including phenoxy) is 1. The summed E-state index contributed by atoms with van der Waals surface area (Å²) >= 11 is 1.38. The Balaban J connectivity index is 1.48. The minimum atomic E-state index is -4.50. The molecule has 0 spiro atoms. The zero-order valence-corrected chi connectivity index (χ0v) is 16.5. The summed E-state index contributed by atoms with van der Waals surface area (Å²) in [4.78, 5) is 7.63. The van der Waals surface area contributed by atoms with E-state index in [-0.39, 0.29) is 11.6 Å². The standard InChI is InChI=1S/C20H21F3N4OS/c21-20(22,23)18-10-16(17-2-1-9-29-17)24-19-11-15(25-27(18)19)13-3-6-26(12-13)14-4-7-28-8-5-14/h1-2,9-11,13-14H,3-8,12H2. The minimum absolute atomic E-state index is 0.130. The average Bonchev–Trinajstić information content (AvgIpc) is 3.46. The monoisotopic (exact) mass is 422 g/mol. The normalized spacial score (nSPS) is 22.0. The Kier molecular flexibility index (Phi) is 4.84. The zero-order valence-electron chi connectivity index (χ0n) is 15.7. The van der Waals surface area contributed by atoms with E-state index >= 15 is 0 Å². The first-order valence-corrected chi connectivity index (χ1v) is 10.7. The highest BCUT2D eigenvalue weighted by atomic mass is 32.1. The molecule has 5 heterocycles. The van der Waals surface area contributed by atoms with Crippen LogP contribution in [0.15, 0.2) is 29.6 Å². The topological polar surface area (TPSA) is 42.7 Å². The maximum absolute atomic E-state index is 13.7. The van der Waals surface area contributed by atoms with Crippen molar-refractivity contribution in [3.05, 3.63) is 41.0 Å². The van der Waals surface area contributed by atoms with Gasteiger partial charge in [-0.1, -0.05) is 6.07 Å². The Morgan fingerprint density at radius 2 is 1.97 bits per heavy atom. The summed E-state index contributed by atoms with van der Waals surface area (Å²) in [6.07, 6.45) is -1.57. The molecule has 2 aliphatic heterocycles. The SMILES string of the molecule is FC(F)(F)c1cc(-c2cccs2)nc2cc(C3CCN(C4CCOCC4)C3)nn12. The summed E-state index contributed by atoms with van der Waals surface area (Å²) in [5, 5.41) is 6.18. The molecule has 29 heavy (non-hydrogen) atoms. The molecule has 0 amide bonds. The first kappa shape index (κ1) is 19.0. The lowest BCUT2D eigenvalue weighted by atomic mass is 10.0. The molecule has 0 aliphatic carbocycles. The van der Waals surface area contributed by atoms with Crippen molar-refractivity contribution in [2.24, 2.45) is 0 Å². The molecular weight excluding hydrogens is 401 g/mol. The van der Waals surface area contributed by atoms with Crippen molar-refractivity contribution in [2.75, 3.05) is 26.3 Å². The van der Waals surface area contributed by atoms with Crippen molar-refractivity contribution in [1.82, 2.24) is 19.5 Å². The second-order valence-corrected chi connectivity index (χ2v) is 8.61. The van der Waals surface area contributed by atoms with Crippen molar-refractivity contribution < 1.29 is 17.9 Å². The van der Waals surface area contributed by atoms with E-state index < -0.39 is 11.9 Å². The molecule has 1 unspecified atom stereocenters. The molecule has 2 saturated heterocycles. The maximum Gasteiger partial charge on any atom is 0.433 e. The number of halogens is 3. The molecule has 0 N–H and O–H groups in total. The second-order valence-electron chi connectivity index (χ2n) is 7.66. The molecule has 1 atom stereocenters. The van der Waals surface area contributed by atoms with Gasteiger partial charge in [0.15, 0.2) is 11.3 Å². The van der Waals surface area contributed by atoms with Crippen molar-refractivity contribution in [1.29, 1.82) is 0 Å². The fourth-order valence-electron chi connectivity index (χ4n) is 4.35. The molecule has 0 bridgehead atoms. The molecule has 9 heteroatoms. The predicted molar refractivity (Wildman–Crippen MR) is 104 cm³/mol. The molecule has 5 nitrogen and oxygen atoms in total. The molecule has 154 valence electrons. The smallest absolute Gasteiger partial charge is 0.381 e. The van der Waals surface area contributed by atoms with Crippen molar-refractivity contribution in [3.8, 4) is 10.6 Å². The Bertz CT molecular complexity index is 995. The number of alkyl halides is 3. The maximum atomic E-state index is 13.7. The van der Waals surface area contributed by atoms with Gasteiger partial charge in [-0.2, -0.15) is 18.3 Å². The van der Waals surface area contributed by atoms with Gasteiger partial charge in [-0.05, 0) is 43.3 Å². The number of aromatic nitrogens is 3. The van der Waals surface area contributed by atoms with Gasteiger partial charge in [0, 0.05) is 37.8 Å². The van der Waals surface area contributed by atoms with Gasteiger partial charge in [0.2, 0.25) is 0 Å². The summed E-state index contributed by atoms with van der Waals surface area (Å²) in [6.45, 7) is 3.34. The van der Waals surface area contributed by atoms with Crippen molar-refractivity contribution in [2.45, 2.75) is 37.4 Å². The van der Waals surface area contributed by atoms with E-state index in [0.717, 1.165) is 56.1 Å². The molecule has 3 aromatic rings. The number of hydrogen-bond acceptors (Lipinski definition) is 5. The van der Waals surface area contributed by atoms with Crippen LogP contribution in [0.4, 0.5) is 13.2 Å². The molecule has 0 saturated carbocycles. The summed E-state index contributed by atoms with van der Waals surface area (Å²) in [7, 11) is 0. The predicted octanol–water partition coefficient (Wildman–Crippen LogP) is 4.44. The van der Waals surface area contributed by atoms with Gasteiger partial charge in [0.25, 0.3) is 0 Å². The number of nitrogens with zero attached hydrogens (tertiary/aromatic N) is 4. The van der Waals surface area contributed by atoms with Crippen LogP contribution in [0.25, 0.3) is 16.2 Å². The fourth-order valence-corrected chi connectivity index (χ4v) is 5.04. The summed E-state index contributed by atoms with van der Waals surface area (Å²) in [5.41, 5.74) is 0.501. The van der Waals surface area contributed by atoms with Gasteiger partial charge in [-0.3, -0.25) is 4.90 Å². The van der Waals surface area contributed by atoms with Crippen LogP contribution in [0.3, 0.4) is 0 Å². The van der Waals surface area contributed by atoms with Crippen molar-refractivity contribution in [3.63, 3.8) is 0 Å². The quantitative estimate of drug-likeness (QED) is 0.626. The van der Waals surface area contributed by atoms with Crippen LogP contribution in [0.1, 0.15) is 36.6 Å². The van der Waals surface area contributed by atoms with Gasteiger partial charge in [-0.25, -0.2) is 9.50 Å². The third-order valence-corrected chi connectivity index (χ3v) is 6.75. The van der Waals surface area contributed by atoms with Crippen molar-refractivity contribution >= 4 is 17.0 Å². The van der Waals surface area contributed by atoms with Crippen LogP contribution in [0.5, 0.6) is 0 Å². The van der Waals surface area contributed by atoms with E-state index in [1.54, 1.807) is 12.1 Å². The molecule has 3 aromatic heterocycles. The van der Waals surface area contributed by atoms with Crippen LogP contribution >= 0.6 is 11.3 Å². The van der Waals surface area contributed by atoms with Crippen LogP contribution < -0.4 is 0 Å². The average molecular weight is 422 g/mol. The van der Waals surface area contributed by atoms with Gasteiger partial charge < -0.3 is 4.74 Å². The lowest BCUT2D eigenvalue weighted by molar-refractivity contribution is -0.142. The minimum Gasteiger partial charge on any atom is -0.381 e. The first-order chi connectivity index (χ1) is 14.0. The summed E-state index contributed by atoms with van der Waals surface area (Å²) in [5.74, 6) is 0.130. The number of thiophene rings is 1. The Hall–Kier alpha value is -1.97. The lowest BCUT2D eigenvalue weighted by Crippen LogP contribution is -2.37. The Morgan fingerprint density at radius 1 is 1.14 bits per heavy atom. The number of rotatable bonds is 3. The third-order valence-electron chi connectivity index (χ3n) is 5.86. The highest BCUT2D eigenvalue weighted by molar-refractivity contribution is 7.13. The molecule has 2 fully saturated rings. The number of hydrogen-bond donors (Lipinski definition) is 0. The first-order valence-electron chi connectivity index (χ1n) is 9.82. The van der Waals surface area contributed by atoms with Crippen LogP contribution in [0, 0.1) is 0 Å². The second kappa shape index (κ2) is 7.37. The summed E-state index contributed by atoms with van der Waals surface area (Å²) in [6, 6.07) is 6.91.